The summed E-state index contributed by atoms with van der Waals surface area (Å²) in [6, 6.07) is 5.81. The van der Waals surface area contributed by atoms with Crippen LogP contribution in [0.1, 0.15) is 27.8 Å². The number of carbonyl (C=O) groups is 1. The molecule has 1 aromatic carbocycles. The van der Waals surface area contributed by atoms with Gasteiger partial charge >= 0.3 is 5.97 Å². The normalized spacial score (nSPS) is 12.4. The highest BCUT2D eigenvalue weighted by Crippen LogP contribution is 2.30. The van der Waals surface area contributed by atoms with Crippen LogP contribution in [0.3, 0.4) is 0 Å². The lowest BCUT2D eigenvalue weighted by molar-refractivity contribution is 0.0687. The average Bonchev–Trinajstić information content (AvgIpc) is 2.81. The largest absolute Gasteiger partial charge is 0.478 e. The van der Waals surface area contributed by atoms with Gasteiger partial charge in [-0.25, -0.2) is 4.79 Å². The topological polar surface area (TPSA) is 70.7 Å². The second-order valence-corrected chi connectivity index (χ2v) is 4.39. The summed E-state index contributed by atoms with van der Waals surface area (Å²) in [5, 5.41) is 19.6. The highest BCUT2D eigenvalue weighted by Gasteiger charge is 2.22. The molecule has 18 heavy (non-hydrogen) atoms. The Morgan fingerprint density at radius 2 is 1.94 bits per heavy atom. The molecule has 1 aromatic heterocycles. The Kier molecular flexibility index (Phi) is 3.61. The number of furan rings is 1. The number of benzene rings is 1. The smallest absolute Gasteiger partial charge is 0.339 e. The molecule has 0 spiro atoms. The minimum Gasteiger partial charge on any atom is -0.478 e. The number of aliphatic hydroxyl groups is 1. The van der Waals surface area contributed by atoms with Crippen LogP contribution in [-0.2, 0) is 0 Å². The van der Waals surface area contributed by atoms with Crippen molar-refractivity contribution < 1.29 is 19.4 Å². The van der Waals surface area contributed by atoms with Crippen LogP contribution in [0.15, 0.2) is 34.9 Å². The van der Waals surface area contributed by atoms with Crippen molar-refractivity contribution in [2.24, 2.45) is 0 Å². The van der Waals surface area contributed by atoms with Crippen molar-refractivity contribution in [1.82, 2.24) is 0 Å². The van der Waals surface area contributed by atoms with Gasteiger partial charge in [0.15, 0.2) is 5.76 Å². The van der Waals surface area contributed by atoms with E-state index in [4.69, 9.17) is 32.7 Å². The minimum atomic E-state index is -1.21. The Labute approximate surface area is 112 Å². The summed E-state index contributed by atoms with van der Waals surface area (Å²) in [7, 11) is 0. The van der Waals surface area contributed by atoms with E-state index in [0.29, 0.717) is 10.6 Å². The first-order valence-electron chi connectivity index (χ1n) is 4.94. The standard InChI is InChI=1S/C12H8Cl2O4/c13-8-2-1-6(5-9(8)14)10(15)11-7(12(16)17)3-4-18-11/h1-5,10,15H,(H,16,17). The molecular formula is C12H8Cl2O4. The maximum atomic E-state index is 10.9. The van der Waals surface area contributed by atoms with E-state index in [-0.39, 0.29) is 16.3 Å². The van der Waals surface area contributed by atoms with Crippen molar-refractivity contribution in [2.75, 3.05) is 0 Å². The fourth-order valence-corrected chi connectivity index (χ4v) is 1.85. The number of carboxylic acid groups (broad SMARTS) is 1. The number of aliphatic hydroxyl groups excluding tert-OH is 1. The van der Waals surface area contributed by atoms with E-state index in [1.54, 1.807) is 6.07 Å². The van der Waals surface area contributed by atoms with Gasteiger partial charge in [-0.05, 0) is 23.8 Å². The van der Waals surface area contributed by atoms with Crippen LogP contribution in [-0.4, -0.2) is 16.2 Å². The van der Waals surface area contributed by atoms with Crippen LogP contribution in [0.5, 0.6) is 0 Å². The monoisotopic (exact) mass is 286 g/mol. The maximum absolute atomic E-state index is 10.9. The van der Waals surface area contributed by atoms with Crippen molar-refractivity contribution in [2.45, 2.75) is 6.10 Å². The van der Waals surface area contributed by atoms with Crippen molar-refractivity contribution in [3.8, 4) is 0 Å². The predicted octanol–water partition coefficient (Wildman–Crippen LogP) is 3.37. The van der Waals surface area contributed by atoms with Crippen LogP contribution in [0, 0.1) is 0 Å². The summed E-state index contributed by atoms with van der Waals surface area (Å²) >= 11 is 11.6. The molecule has 2 aromatic rings. The van der Waals surface area contributed by atoms with Crippen LogP contribution >= 0.6 is 23.2 Å². The Hall–Kier alpha value is -1.49. The van der Waals surface area contributed by atoms with Gasteiger partial charge in [0.2, 0.25) is 0 Å². The molecule has 1 heterocycles. The average molecular weight is 287 g/mol. The molecule has 0 saturated carbocycles. The Morgan fingerprint density at radius 1 is 1.22 bits per heavy atom. The first-order valence-corrected chi connectivity index (χ1v) is 5.70. The zero-order chi connectivity index (χ0) is 13.3. The van der Waals surface area contributed by atoms with Gasteiger partial charge in [-0.2, -0.15) is 0 Å². The lowest BCUT2D eigenvalue weighted by Gasteiger charge is -2.10. The van der Waals surface area contributed by atoms with E-state index in [1.165, 1.54) is 24.5 Å². The fraction of sp³-hybridized carbons (Fsp3) is 0.0833. The SMILES string of the molecule is O=C(O)c1ccoc1C(O)c1ccc(Cl)c(Cl)c1. The fourth-order valence-electron chi connectivity index (χ4n) is 1.54. The van der Waals surface area contributed by atoms with E-state index in [2.05, 4.69) is 0 Å². The van der Waals surface area contributed by atoms with Gasteiger partial charge in [-0.1, -0.05) is 29.3 Å². The molecule has 94 valence electrons. The lowest BCUT2D eigenvalue weighted by atomic mass is 10.0. The van der Waals surface area contributed by atoms with E-state index in [9.17, 15) is 9.90 Å². The van der Waals surface area contributed by atoms with Gasteiger partial charge in [-0.3, -0.25) is 0 Å². The van der Waals surface area contributed by atoms with Gasteiger partial charge < -0.3 is 14.6 Å². The number of hydrogen-bond acceptors (Lipinski definition) is 3. The molecule has 0 amide bonds. The highest BCUT2D eigenvalue weighted by atomic mass is 35.5. The molecule has 0 aliphatic rings. The number of carboxylic acids is 1. The molecule has 2 N–H and O–H groups in total. The van der Waals surface area contributed by atoms with E-state index in [1.807, 2.05) is 0 Å². The van der Waals surface area contributed by atoms with Crippen molar-refractivity contribution >= 4 is 29.2 Å². The molecule has 0 aliphatic carbocycles. The molecule has 0 radical (unpaired) electrons. The van der Waals surface area contributed by atoms with Crippen LogP contribution in [0.4, 0.5) is 0 Å². The molecule has 0 aliphatic heterocycles. The summed E-state index contributed by atoms with van der Waals surface area (Å²) < 4.78 is 5.01. The molecule has 4 nitrogen and oxygen atoms in total. The second-order valence-electron chi connectivity index (χ2n) is 3.58. The third-order valence-electron chi connectivity index (χ3n) is 2.43. The van der Waals surface area contributed by atoms with E-state index < -0.39 is 12.1 Å². The maximum Gasteiger partial charge on any atom is 0.339 e. The van der Waals surface area contributed by atoms with E-state index in [0.717, 1.165) is 0 Å². The van der Waals surface area contributed by atoms with Crippen molar-refractivity contribution in [3.63, 3.8) is 0 Å². The zero-order valence-electron chi connectivity index (χ0n) is 8.93. The van der Waals surface area contributed by atoms with Crippen LogP contribution in [0.2, 0.25) is 10.0 Å². The third-order valence-corrected chi connectivity index (χ3v) is 3.17. The summed E-state index contributed by atoms with van der Waals surface area (Å²) in [6.45, 7) is 0. The summed E-state index contributed by atoms with van der Waals surface area (Å²) in [5.74, 6) is -1.21. The van der Waals surface area contributed by atoms with Crippen LogP contribution in [0.25, 0.3) is 0 Å². The Morgan fingerprint density at radius 3 is 2.56 bits per heavy atom. The molecule has 6 heteroatoms. The predicted molar refractivity (Wildman–Crippen MR) is 66.2 cm³/mol. The van der Waals surface area contributed by atoms with Crippen molar-refractivity contribution in [3.05, 3.63) is 57.5 Å². The van der Waals surface area contributed by atoms with E-state index >= 15 is 0 Å². The third kappa shape index (κ3) is 2.36. The molecule has 1 atom stereocenters. The first-order chi connectivity index (χ1) is 8.50. The lowest BCUT2D eigenvalue weighted by Crippen LogP contribution is -2.05. The van der Waals surface area contributed by atoms with Gasteiger partial charge in [0.05, 0.1) is 16.3 Å². The summed E-state index contributed by atoms with van der Waals surface area (Å²) in [6.07, 6.45) is 0.000338. The Balaban J connectivity index is 2.41. The molecule has 0 bridgehead atoms. The second kappa shape index (κ2) is 5.02. The number of halogens is 2. The quantitative estimate of drug-likeness (QED) is 0.908. The minimum absolute atomic E-state index is 0.0408. The number of rotatable bonds is 3. The zero-order valence-corrected chi connectivity index (χ0v) is 10.4. The highest BCUT2D eigenvalue weighted by molar-refractivity contribution is 6.42. The van der Waals surface area contributed by atoms with Gasteiger partial charge in [-0.15, -0.1) is 0 Å². The molecule has 2 rings (SSSR count). The van der Waals surface area contributed by atoms with Crippen LogP contribution < -0.4 is 0 Å². The molecular weight excluding hydrogens is 279 g/mol. The first kappa shape index (κ1) is 13.0. The summed E-state index contributed by atoms with van der Waals surface area (Å²) in [4.78, 5) is 10.9. The molecule has 0 saturated heterocycles. The Bertz CT molecular complexity index is 592. The van der Waals surface area contributed by atoms with Gasteiger partial charge in [0.1, 0.15) is 11.7 Å². The molecule has 1 unspecified atom stereocenters. The number of hydrogen-bond donors (Lipinski definition) is 2. The van der Waals surface area contributed by atoms with Crippen molar-refractivity contribution in [1.29, 1.82) is 0 Å². The molecule has 0 fully saturated rings. The summed E-state index contributed by atoms with van der Waals surface area (Å²) in [5.41, 5.74) is 0.315. The van der Waals surface area contributed by atoms with Gasteiger partial charge in [0, 0.05) is 0 Å². The number of aromatic carboxylic acids is 1. The van der Waals surface area contributed by atoms with Gasteiger partial charge in [0.25, 0.3) is 0 Å².